The number of carbonyl (C=O) groups is 1. The molecule has 2 aromatic heterocycles. The first kappa shape index (κ1) is 18.7. The van der Waals surface area contributed by atoms with Crippen molar-refractivity contribution >= 4 is 29.0 Å². The summed E-state index contributed by atoms with van der Waals surface area (Å²) >= 11 is 3.32. The number of carbonyl (C=O) groups excluding carboxylic acids is 1. The Balaban J connectivity index is 1.30. The number of thiophene rings is 1. The lowest BCUT2D eigenvalue weighted by Gasteiger charge is -2.05. The molecule has 1 N–H and O–H groups in total. The van der Waals surface area contributed by atoms with Crippen molar-refractivity contribution in [2.24, 2.45) is 0 Å². The summed E-state index contributed by atoms with van der Waals surface area (Å²) in [6, 6.07) is 12.3. The van der Waals surface area contributed by atoms with Crippen LogP contribution in [0.5, 0.6) is 0 Å². The molecule has 0 fully saturated rings. The van der Waals surface area contributed by atoms with Crippen molar-refractivity contribution < 1.29 is 9.32 Å². The normalized spacial score (nSPS) is 10.8. The topological polar surface area (TPSA) is 68.0 Å². The fourth-order valence-electron chi connectivity index (χ4n) is 2.34. The van der Waals surface area contributed by atoms with Gasteiger partial charge in [0.2, 0.25) is 17.6 Å². The van der Waals surface area contributed by atoms with Crippen LogP contribution in [0.4, 0.5) is 0 Å². The number of amides is 1. The largest absolute Gasteiger partial charge is 0.355 e. The Morgan fingerprint density at radius 2 is 2.12 bits per heavy atom. The molecule has 0 atom stereocenters. The van der Waals surface area contributed by atoms with E-state index < -0.39 is 0 Å². The van der Waals surface area contributed by atoms with Crippen LogP contribution in [0, 0.1) is 6.92 Å². The highest BCUT2D eigenvalue weighted by Gasteiger charge is 2.10. The maximum absolute atomic E-state index is 11.9. The highest BCUT2D eigenvalue weighted by molar-refractivity contribution is 7.99. The van der Waals surface area contributed by atoms with E-state index in [1.54, 1.807) is 23.1 Å². The first-order valence-corrected chi connectivity index (χ1v) is 10.4. The van der Waals surface area contributed by atoms with E-state index in [-0.39, 0.29) is 5.91 Å². The van der Waals surface area contributed by atoms with Gasteiger partial charge in [-0.3, -0.25) is 4.79 Å². The van der Waals surface area contributed by atoms with Crippen molar-refractivity contribution in [2.45, 2.75) is 31.1 Å². The average Bonchev–Trinajstić information content (AvgIpc) is 3.32. The number of hydrogen-bond acceptors (Lipinski definition) is 6. The van der Waals surface area contributed by atoms with Crippen LogP contribution in [-0.4, -0.2) is 28.3 Å². The first-order valence-electron chi connectivity index (χ1n) is 8.53. The summed E-state index contributed by atoms with van der Waals surface area (Å²) in [6.07, 6.45) is 1.78. The Hall–Kier alpha value is -2.12. The Morgan fingerprint density at radius 1 is 1.27 bits per heavy atom. The van der Waals surface area contributed by atoms with E-state index in [9.17, 15) is 4.79 Å². The van der Waals surface area contributed by atoms with E-state index in [0.717, 1.165) is 10.6 Å². The van der Waals surface area contributed by atoms with Crippen molar-refractivity contribution in [3.05, 3.63) is 53.2 Å². The minimum Gasteiger partial charge on any atom is -0.355 e. The zero-order valence-electron chi connectivity index (χ0n) is 14.6. The molecule has 0 spiro atoms. The second-order valence-electron chi connectivity index (χ2n) is 5.85. The number of thioether (sulfide) groups is 1. The van der Waals surface area contributed by atoms with Crippen LogP contribution >= 0.6 is 23.1 Å². The SMILES string of the molecule is Cc1ccc(SCCNC(=O)CCCc2nc(-c3cccs3)no2)cc1. The smallest absolute Gasteiger partial charge is 0.226 e. The van der Waals surface area contributed by atoms with Gasteiger partial charge in [0.25, 0.3) is 0 Å². The van der Waals surface area contributed by atoms with Gasteiger partial charge in [-0.15, -0.1) is 23.1 Å². The molecule has 0 aliphatic heterocycles. The standard InChI is InChI=1S/C19H21N3O2S2/c1-14-7-9-15(10-8-14)25-13-11-20-17(23)5-2-6-18-21-19(22-24-18)16-4-3-12-26-16/h3-4,7-10,12H,2,5-6,11,13H2,1H3,(H,20,23). The Morgan fingerprint density at radius 3 is 2.88 bits per heavy atom. The fourth-order valence-corrected chi connectivity index (χ4v) is 3.76. The third-order valence-corrected chi connectivity index (χ3v) is 5.60. The molecule has 0 aliphatic carbocycles. The predicted molar refractivity (Wildman–Crippen MR) is 105 cm³/mol. The third-order valence-electron chi connectivity index (χ3n) is 3.72. The number of aromatic nitrogens is 2. The van der Waals surface area contributed by atoms with Crippen molar-refractivity contribution in [2.75, 3.05) is 12.3 Å². The molecule has 3 aromatic rings. The Kier molecular flexibility index (Phi) is 6.85. The molecule has 1 amide bonds. The molecule has 0 saturated heterocycles. The van der Waals surface area contributed by atoms with Gasteiger partial charge < -0.3 is 9.84 Å². The highest BCUT2D eigenvalue weighted by atomic mass is 32.2. The molecule has 136 valence electrons. The van der Waals surface area contributed by atoms with Crippen LogP contribution in [0.2, 0.25) is 0 Å². The molecule has 7 heteroatoms. The van der Waals surface area contributed by atoms with Crippen LogP contribution < -0.4 is 5.32 Å². The van der Waals surface area contributed by atoms with Gasteiger partial charge in [-0.25, -0.2) is 0 Å². The van der Waals surface area contributed by atoms with E-state index in [1.807, 2.05) is 17.5 Å². The number of benzene rings is 1. The minimum atomic E-state index is 0.0625. The number of aryl methyl sites for hydroxylation is 2. The zero-order chi connectivity index (χ0) is 18.2. The lowest BCUT2D eigenvalue weighted by Crippen LogP contribution is -2.25. The molecular formula is C19H21N3O2S2. The fraction of sp³-hybridized carbons (Fsp3) is 0.316. The van der Waals surface area contributed by atoms with Crippen molar-refractivity contribution in [1.82, 2.24) is 15.5 Å². The van der Waals surface area contributed by atoms with Crippen molar-refractivity contribution in [1.29, 1.82) is 0 Å². The second-order valence-corrected chi connectivity index (χ2v) is 7.97. The van der Waals surface area contributed by atoms with Gasteiger partial charge in [0.15, 0.2) is 0 Å². The maximum Gasteiger partial charge on any atom is 0.226 e. The van der Waals surface area contributed by atoms with E-state index in [1.165, 1.54) is 10.5 Å². The molecule has 0 radical (unpaired) electrons. The number of rotatable bonds is 9. The minimum absolute atomic E-state index is 0.0625. The van der Waals surface area contributed by atoms with Gasteiger partial charge >= 0.3 is 0 Å². The number of hydrogen-bond donors (Lipinski definition) is 1. The number of nitrogens with zero attached hydrogens (tertiary/aromatic N) is 2. The monoisotopic (exact) mass is 387 g/mol. The number of nitrogens with one attached hydrogen (secondary N) is 1. The quantitative estimate of drug-likeness (QED) is 0.437. The van der Waals surface area contributed by atoms with Crippen LogP contribution in [0.15, 0.2) is 51.2 Å². The van der Waals surface area contributed by atoms with Crippen molar-refractivity contribution in [3.63, 3.8) is 0 Å². The third kappa shape index (κ3) is 5.71. The molecule has 26 heavy (non-hydrogen) atoms. The Bertz CT molecular complexity index is 814. The zero-order valence-corrected chi connectivity index (χ0v) is 16.2. The van der Waals surface area contributed by atoms with Gasteiger partial charge in [0.05, 0.1) is 4.88 Å². The van der Waals surface area contributed by atoms with Gasteiger partial charge in [0, 0.05) is 30.0 Å². The molecule has 1 aromatic carbocycles. The van der Waals surface area contributed by atoms with Crippen LogP contribution in [-0.2, 0) is 11.2 Å². The molecule has 5 nitrogen and oxygen atoms in total. The van der Waals surface area contributed by atoms with Gasteiger partial charge in [-0.1, -0.05) is 28.9 Å². The summed E-state index contributed by atoms with van der Waals surface area (Å²) in [5, 5.41) is 8.90. The summed E-state index contributed by atoms with van der Waals surface area (Å²) in [6.45, 7) is 2.74. The average molecular weight is 388 g/mol. The highest BCUT2D eigenvalue weighted by Crippen LogP contribution is 2.21. The van der Waals surface area contributed by atoms with Crippen LogP contribution in [0.1, 0.15) is 24.3 Å². The molecule has 0 bridgehead atoms. The molecule has 0 unspecified atom stereocenters. The lowest BCUT2D eigenvalue weighted by atomic mass is 10.2. The van der Waals surface area contributed by atoms with E-state index >= 15 is 0 Å². The Labute approximate surface area is 161 Å². The molecular weight excluding hydrogens is 366 g/mol. The molecule has 0 aliphatic rings. The maximum atomic E-state index is 11.9. The summed E-state index contributed by atoms with van der Waals surface area (Å²) < 4.78 is 5.24. The summed E-state index contributed by atoms with van der Waals surface area (Å²) in [7, 11) is 0. The predicted octanol–water partition coefficient (Wildman–Crippen LogP) is 4.34. The molecule has 0 saturated carbocycles. The molecule has 2 heterocycles. The van der Waals surface area contributed by atoms with Gasteiger partial charge in [-0.2, -0.15) is 4.98 Å². The van der Waals surface area contributed by atoms with Gasteiger partial charge in [-0.05, 0) is 36.9 Å². The van der Waals surface area contributed by atoms with E-state index in [2.05, 4.69) is 46.6 Å². The van der Waals surface area contributed by atoms with Gasteiger partial charge in [0.1, 0.15) is 0 Å². The summed E-state index contributed by atoms with van der Waals surface area (Å²) in [4.78, 5) is 18.5. The van der Waals surface area contributed by atoms with Crippen LogP contribution in [0.25, 0.3) is 10.7 Å². The van der Waals surface area contributed by atoms with Crippen molar-refractivity contribution in [3.8, 4) is 10.7 Å². The van der Waals surface area contributed by atoms with E-state index in [4.69, 9.17) is 4.52 Å². The van der Waals surface area contributed by atoms with E-state index in [0.29, 0.717) is 37.5 Å². The van der Waals surface area contributed by atoms with Crippen LogP contribution in [0.3, 0.4) is 0 Å². The summed E-state index contributed by atoms with van der Waals surface area (Å²) in [5.74, 6) is 2.12. The molecule has 3 rings (SSSR count). The summed E-state index contributed by atoms with van der Waals surface area (Å²) in [5.41, 5.74) is 1.26. The second kappa shape index (κ2) is 9.54. The first-order chi connectivity index (χ1) is 12.7. The lowest BCUT2D eigenvalue weighted by molar-refractivity contribution is -0.121.